The SMILES string of the molecule is CCC(CC)CCCCCCCC=CCCCCCCCCP. The lowest BCUT2D eigenvalue weighted by atomic mass is 9.96. The van der Waals surface area contributed by atoms with Crippen LogP contribution in [-0.2, 0) is 0 Å². The first-order valence-corrected chi connectivity index (χ1v) is 11.5. The number of unbranched alkanes of at least 4 members (excludes halogenated alkanes) is 11. The molecule has 23 heavy (non-hydrogen) atoms. The van der Waals surface area contributed by atoms with Crippen molar-refractivity contribution in [3.05, 3.63) is 12.2 Å². The molecule has 0 aromatic heterocycles. The van der Waals surface area contributed by atoms with Crippen molar-refractivity contribution in [2.24, 2.45) is 5.92 Å². The minimum absolute atomic E-state index is 0.989. The Balaban J connectivity index is 3.14. The summed E-state index contributed by atoms with van der Waals surface area (Å²) in [6.45, 7) is 4.68. The van der Waals surface area contributed by atoms with Crippen molar-refractivity contribution in [3.8, 4) is 0 Å². The molecule has 1 heteroatoms. The summed E-state index contributed by atoms with van der Waals surface area (Å²) in [5.41, 5.74) is 0. The molecular formula is C22H45P. The van der Waals surface area contributed by atoms with E-state index in [1.807, 2.05) is 0 Å². The Hall–Kier alpha value is 0.170. The minimum Gasteiger partial charge on any atom is -0.138 e. The molecule has 0 fully saturated rings. The minimum atomic E-state index is 0.989. The van der Waals surface area contributed by atoms with Gasteiger partial charge in [0.2, 0.25) is 0 Å². The van der Waals surface area contributed by atoms with Crippen molar-refractivity contribution in [3.63, 3.8) is 0 Å². The molecule has 0 spiro atoms. The molecule has 0 radical (unpaired) electrons. The molecule has 138 valence electrons. The predicted octanol–water partition coefficient (Wildman–Crippen LogP) is 8.32. The molecule has 0 aliphatic carbocycles. The summed E-state index contributed by atoms with van der Waals surface area (Å²) in [5, 5.41) is 0. The molecule has 0 bridgehead atoms. The fraction of sp³-hybridized carbons (Fsp3) is 0.909. The smallest absolute Gasteiger partial charge is 0.0351 e. The zero-order valence-electron chi connectivity index (χ0n) is 16.3. The fourth-order valence-electron chi connectivity index (χ4n) is 3.27. The molecule has 1 atom stereocenters. The first-order valence-electron chi connectivity index (χ1n) is 10.7. The van der Waals surface area contributed by atoms with Crippen LogP contribution in [0.4, 0.5) is 0 Å². The Morgan fingerprint density at radius 1 is 0.609 bits per heavy atom. The van der Waals surface area contributed by atoms with Gasteiger partial charge in [-0.1, -0.05) is 96.6 Å². The van der Waals surface area contributed by atoms with Crippen LogP contribution in [0.2, 0.25) is 0 Å². The third-order valence-corrected chi connectivity index (χ3v) is 5.54. The molecule has 0 saturated carbocycles. The van der Waals surface area contributed by atoms with Gasteiger partial charge in [0.05, 0.1) is 0 Å². The Morgan fingerprint density at radius 2 is 1.04 bits per heavy atom. The maximum atomic E-state index is 2.83. The molecule has 0 aliphatic heterocycles. The molecule has 0 heterocycles. The number of rotatable bonds is 18. The normalized spacial score (nSPS) is 11.8. The van der Waals surface area contributed by atoms with Crippen LogP contribution < -0.4 is 0 Å². The monoisotopic (exact) mass is 340 g/mol. The van der Waals surface area contributed by atoms with Crippen molar-refractivity contribution < 1.29 is 0 Å². The Bertz CT molecular complexity index is 230. The second kappa shape index (κ2) is 20.2. The van der Waals surface area contributed by atoms with E-state index in [0.717, 1.165) is 5.92 Å². The molecule has 0 amide bonds. The topological polar surface area (TPSA) is 0 Å². The van der Waals surface area contributed by atoms with Gasteiger partial charge in [-0.05, 0) is 44.2 Å². The highest BCUT2D eigenvalue weighted by Gasteiger charge is 2.01. The van der Waals surface area contributed by atoms with E-state index >= 15 is 0 Å². The van der Waals surface area contributed by atoms with Crippen LogP contribution in [0.15, 0.2) is 12.2 Å². The number of allylic oxidation sites excluding steroid dienone is 2. The lowest BCUT2D eigenvalue weighted by Gasteiger charge is -2.11. The van der Waals surface area contributed by atoms with Crippen LogP contribution in [0.25, 0.3) is 0 Å². The maximum absolute atomic E-state index is 2.83. The second-order valence-electron chi connectivity index (χ2n) is 7.20. The van der Waals surface area contributed by atoms with Gasteiger partial charge < -0.3 is 0 Å². The van der Waals surface area contributed by atoms with Gasteiger partial charge in [-0.3, -0.25) is 0 Å². The lowest BCUT2D eigenvalue weighted by Crippen LogP contribution is -1.96. The van der Waals surface area contributed by atoms with Crippen molar-refractivity contribution in [2.45, 2.75) is 117 Å². The van der Waals surface area contributed by atoms with Gasteiger partial charge in [-0.2, -0.15) is 0 Å². The Morgan fingerprint density at radius 3 is 1.52 bits per heavy atom. The maximum Gasteiger partial charge on any atom is -0.0351 e. The number of hydrogen-bond donors (Lipinski definition) is 0. The molecule has 0 nitrogen and oxygen atoms in total. The molecular weight excluding hydrogens is 295 g/mol. The van der Waals surface area contributed by atoms with E-state index < -0.39 is 0 Å². The third-order valence-electron chi connectivity index (χ3n) is 5.13. The van der Waals surface area contributed by atoms with Crippen molar-refractivity contribution in [2.75, 3.05) is 6.16 Å². The summed E-state index contributed by atoms with van der Waals surface area (Å²) >= 11 is 0. The van der Waals surface area contributed by atoms with E-state index in [4.69, 9.17) is 0 Å². The fourth-order valence-corrected chi connectivity index (χ4v) is 3.56. The van der Waals surface area contributed by atoms with E-state index in [0.29, 0.717) is 0 Å². The van der Waals surface area contributed by atoms with Crippen LogP contribution in [0, 0.1) is 5.92 Å². The summed E-state index contributed by atoms with van der Waals surface area (Å²) < 4.78 is 0. The third kappa shape index (κ3) is 18.4. The molecule has 0 aliphatic rings. The van der Waals surface area contributed by atoms with Gasteiger partial charge in [0.1, 0.15) is 0 Å². The summed E-state index contributed by atoms with van der Waals surface area (Å²) in [7, 11) is 2.83. The summed E-state index contributed by atoms with van der Waals surface area (Å²) in [4.78, 5) is 0. The van der Waals surface area contributed by atoms with Gasteiger partial charge >= 0.3 is 0 Å². The standard InChI is InChI=1S/C22H45P/c1-3-22(4-2)20-18-16-14-12-10-8-6-5-7-9-11-13-15-17-19-21-23/h5-6,22H,3-4,7-21,23H2,1-2H3. The molecule has 0 aromatic rings. The van der Waals surface area contributed by atoms with E-state index in [1.54, 1.807) is 0 Å². The lowest BCUT2D eigenvalue weighted by molar-refractivity contribution is 0.427. The van der Waals surface area contributed by atoms with E-state index in [-0.39, 0.29) is 0 Å². The van der Waals surface area contributed by atoms with Gasteiger partial charge in [-0.25, -0.2) is 0 Å². The molecule has 0 saturated heterocycles. The van der Waals surface area contributed by atoms with Gasteiger partial charge in [0.15, 0.2) is 0 Å². The average molecular weight is 341 g/mol. The van der Waals surface area contributed by atoms with Gasteiger partial charge in [0.25, 0.3) is 0 Å². The summed E-state index contributed by atoms with van der Waals surface area (Å²) in [6, 6.07) is 0. The zero-order chi connectivity index (χ0) is 17.0. The Labute approximate surface area is 150 Å². The average Bonchev–Trinajstić information content (AvgIpc) is 2.58. The van der Waals surface area contributed by atoms with E-state index in [2.05, 4.69) is 35.2 Å². The quantitative estimate of drug-likeness (QED) is 0.134. The Kier molecular flexibility index (Phi) is 20.4. The van der Waals surface area contributed by atoms with Crippen molar-refractivity contribution in [1.82, 2.24) is 0 Å². The van der Waals surface area contributed by atoms with Gasteiger partial charge in [0, 0.05) is 0 Å². The highest BCUT2D eigenvalue weighted by atomic mass is 31.0. The van der Waals surface area contributed by atoms with Crippen LogP contribution in [0.1, 0.15) is 117 Å². The largest absolute Gasteiger partial charge is 0.138 e. The molecule has 0 rings (SSSR count). The molecule has 0 N–H and O–H groups in total. The van der Waals surface area contributed by atoms with Crippen molar-refractivity contribution >= 4 is 9.24 Å². The number of hydrogen-bond acceptors (Lipinski definition) is 0. The van der Waals surface area contributed by atoms with E-state index in [9.17, 15) is 0 Å². The van der Waals surface area contributed by atoms with Crippen LogP contribution in [-0.4, -0.2) is 6.16 Å². The molecule has 0 aromatic carbocycles. The highest BCUT2D eigenvalue weighted by molar-refractivity contribution is 7.16. The zero-order valence-corrected chi connectivity index (χ0v) is 17.5. The summed E-state index contributed by atoms with van der Waals surface area (Å²) in [5.74, 6) is 0.989. The van der Waals surface area contributed by atoms with Gasteiger partial charge in [-0.15, -0.1) is 9.24 Å². The molecule has 1 unspecified atom stereocenters. The second-order valence-corrected chi connectivity index (χ2v) is 7.78. The van der Waals surface area contributed by atoms with E-state index in [1.165, 1.54) is 109 Å². The van der Waals surface area contributed by atoms with Crippen LogP contribution in [0.3, 0.4) is 0 Å². The first kappa shape index (κ1) is 23.2. The highest BCUT2D eigenvalue weighted by Crippen LogP contribution is 2.17. The van der Waals surface area contributed by atoms with Crippen LogP contribution >= 0.6 is 9.24 Å². The summed E-state index contributed by atoms with van der Waals surface area (Å²) in [6.07, 6.45) is 28.7. The van der Waals surface area contributed by atoms with Crippen LogP contribution in [0.5, 0.6) is 0 Å². The van der Waals surface area contributed by atoms with Crippen molar-refractivity contribution in [1.29, 1.82) is 0 Å². The predicted molar refractivity (Wildman–Crippen MR) is 112 cm³/mol. The first-order chi connectivity index (χ1) is 11.3.